The zero-order valence-corrected chi connectivity index (χ0v) is 32.3. The molecule has 58 heavy (non-hydrogen) atoms. The number of carbonyl (C=O) groups excluding carboxylic acids is 10. The van der Waals surface area contributed by atoms with Crippen molar-refractivity contribution in [1.82, 2.24) is 20.5 Å². The normalized spacial score (nSPS) is 30.1. The Morgan fingerprint density at radius 1 is 0.603 bits per heavy atom. The lowest BCUT2D eigenvalue weighted by Crippen LogP contribution is -2.35. The number of thioether (sulfide) groups is 1. The van der Waals surface area contributed by atoms with E-state index in [1.54, 1.807) is 0 Å². The summed E-state index contributed by atoms with van der Waals surface area (Å²) in [6, 6.07) is -0.278. The topological polar surface area (TPSA) is 266 Å². The fourth-order valence-electron chi connectivity index (χ4n) is 7.74. The molecule has 0 aromatic heterocycles. The molecule has 2 spiro atoms. The summed E-state index contributed by atoms with van der Waals surface area (Å²) in [5.41, 5.74) is -0.297. The molecule has 1 unspecified atom stereocenters. The van der Waals surface area contributed by atoms with Gasteiger partial charge in [0.15, 0.2) is 0 Å². The van der Waals surface area contributed by atoms with E-state index in [9.17, 15) is 47.9 Å². The third-order valence-corrected chi connectivity index (χ3v) is 11.5. The summed E-state index contributed by atoms with van der Waals surface area (Å²) < 4.78 is 26.5. The van der Waals surface area contributed by atoms with Crippen molar-refractivity contribution < 1.29 is 86.1 Å². The van der Waals surface area contributed by atoms with Crippen LogP contribution < -0.4 is 5.32 Å². The molecule has 22 nitrogen and oxygen atoms in total. The lowest BCUT2D eigenvalue weighted by atomic mass is 9.99. The summed E-state index contributed by atoms with van der Waals surface area (Å²) >= 11 is 1.09. The van der Waals surface area contributed by atoms with Gasteiger partial charge in [0.05, 0.1) is 17.2 Å². The van der Waals surface area contributed by atoms with Crippen LogP contribution in [0.1, 0.15) is 103 Å². The van der Waals surface area contributed by atoms with E-state index >= 15 is 0 Å². The summed E-state index contributed by atoms with van der Waals surface area (Å²) in [5.74, 6) is -2.66. The largest absolute Gasteiger partial charge is 0.534 e. The average molecular weight is 841 g/mol. The van der Waals surface area contributed by atoms with Crippen LogP contribution in [0.2, 0.25) is 0 Å². The van der Waals surface area contributed by atoms with Crippen LogP contribution in [-0.4, -0.2) is 129 Å². The molecule has 0 aromatic carbocycles. The monoisotopic (exact) mass is 840 g/mol. The standard InChI is InChI=1S/2C13H17NO6.C9H10N2O6S/c2*15-10-2-3-11(16)14(10)20-12(17)19-9-4-6-13(8-9)5-1-7-18-13;12-6-1-2-7(13)11(6)17-9(15)16-3-5-4-18-8(14)10-5/h2*9H,1-8H2;5H,1-4H2,(H,10,14)/t2*9-,13+;/m10./s1. The van der Waals surface area contributed by atoms with E-state index in [1.165, 1.54) is 0 Å². The van der Waals surface area contributed by atoms with Gasteiger partial charge in [-0.05, 0) is 51.4 Å². The summed E-state index contributed by atoms with van der Waals surface area (Å²) in [7, 11) is 0. The van der Waals surface area contributed by atoms with Crippen molar-refractivity contribution in [2.45, 2.75) is 132 Å². The van der Waals surface area contributed by atoms with Crippen molar-refractivity contribution in [2.75, 3.05) is 25.6 Å². The molecule has 7 amide bonds. The van der Waals surface area contributed by atoms with E-state index in [0.717, 1.165) is 76.3 Å². The number of amides is 7. The maximum absolute atomic E-state index is 11.6. The van der Waals surface area contributed by atoms with Gasteiger partial charge in [0.2, 0.25) is 0 Å². The number of carbonyl (C=O) groups is 10. The van der Waals surface area contributed by atoms with E-state index in [1.807, 2.05) is 0 Å². The summed E-state index contributed by atoms with van der Waals surface area (Å²) in [4.78, 5) is 127. The Balaban J connectivity index is 0.000000147. The number of hydrogen-bond donors (Lipinski definition) is 1. The highest BCUT2D eigenvalue weighted by Gasteiger charge is 2.46. The maximum Gasteiger partial charge on any atom is 0.534 e. The van der Waals surface area contributed by atoms with E-state index in [-0.39, 0.29) is 79.8 Å². The molecular formula is C35H44N4O18S. The van der Waals surface area contributed by atoms with Gasteiger partial charge < -0.3 is 29.0 Å². The number of imide groups is 3. The van der Waals surface area contributed by atoms with Gasteiger partial charge in [-0.3, -0.25) is 48.1 Å². The zero-order chi connectivity index (χ0) is 41.5. The number of nitrogens with one attached hydrogen (secondary N) is 1. The van der Waals surface area contributed by atoms with Crippen LogP contribution in [0.3, 0.4) is 0 Å². The molecule has 1 N–H and O–H groups in total. The molecule has 0 radical (unpaired) electrons. The first kappa shape index (κ1) is 42.6. The van der Waals surface area contributed by atoms with Crippen molar-refractivity contribution in [3.05, 3.63) is 0 Å². The number of hydroxylamine groups is 6. The maximum atomic E-state index is 11.6. The number of hydrogen-bond acceptors (Lipinski definition) is 19. The quantitative estimate of drug-likeness (QED) is 0.219. The van der Waals surface area contributed by atoms with Crippen LogP contribution in [0.25, 0.3) is 0 Å². The van der Waals surface area contributed by atoms with Gasteiger partial charge in [0, 0.05) is 70.3 Å². The fourth-order valence-corrected chi connectivity index (χ4v) is 8.52. The average Bonchev–Trinajstić information content (AvgIpc) is 4.08. The highest BCUT2D eigenvalue weighted by Crippen LogP contribution is 2.43. The Morgan fingerprint density at radius 3 is 1.34 bits per heavy atom. The Labute approximate surface area is 334 Å². The molecule has 5 atom stereocenters. The molecule has 6 heterocycles. The molecule has 6 aliphatic heterocycles. The van der Waals surface area contributed by atoms with Gasteiger partial charge in [0.1, 0.15) is 18.8 Å². The first-order valence-electron chi connectivity index (χ1n) is 19.1. The fraction of sp³-hybridized carbons (Fsp3) is 0.714. The lowest BCUT2D eigenvalue weighted by Gasteiger charge is -2.22. The van der Waals surface area contributed by atoms with Crippen LogP contribution in [0, 0.1) is 0 Å². The number of ether oxygens (including phenoxy) is 5. The Kier molecular flexibility index (Phi) is 13.7. The second kappa shape index (κ2) is 18.7. The first-order chi connectivity index (χ1) is 27.7. The van der Waals surface area contributed by atoms with E-state index in [2.05, 4.69) is 19.8 Å². The van der Waals surface area contributed by atoms with Crippen molar-refractivity contribution in [3.63, 3.8) is 0 Å². The van der Waals surface area contributed by atoms with Gasteiger partial charge in [-0.25, -0.2) is 14.4 Å². The Hall–Kier alpha value is -5.03. The van der Waals surface area contributed by atoms with E-state index in [4.69, 9.17) is 23.7 Å². The molecule has 6 saturated heterocycles. The van der Waals surface area contributed by atoms with Crippen LogP contribution >= 0.6 is 11.8 Å². The van der Waals surface area contributed by atoms with Crippen LogP contribution in [0.4, 0.5) is 19.2 Å². The van der Waals surface area contributed by atoms with Crippen molar-refractivity contribution in [3.8, 4) is 0 Å². The Morgan fingerprint density at radius 2 is 1.00 bits per heavy atom. The minimum atomic E-state index is -1.13. The summed E-state index contributed by atoms with van der Waals surface area (Å²) in [6.07, 6.45) is 5.24. The molecule has 8 aliphatic rings. The second-order valence-corrected chi connectivity index (χ2v) is 15.7. The molecule has 8 fully saturated rings. The number of nitrogens with zero attached hydrogens (tertiary/aromatic N) is 3. The van der Waals surface area contributed by atoms with E-state index in [0.29, 0.717) is 33.8 Å². The molecule has 8 rings (SSSR count). The third-order valence-electron chi connectivity index (χ3n) is 10.6. The van der Waals surface area contributed by atoms with Gasteiger partial charge in [0.25, 0.3) is 40.7 Å². The molecule has 0 bridgehead atoms. The second-order valence-electron chi connectivity index (χ2n) is 14.8. The smallest absolute Gasteiger partial charge is 0.430 e. The predicted molar refractivity (Wildman–Crippen MR) is 187 cm³/mol. The van der Waals surface area contributed by atoms with Crippen molar-refractivity contribution in [2.24, 2.45) is 0 Å². The molecule has 0 aromatic rings. The summed E-state index contributed by atoms with van der Waals surface area (Å²) in [5, 5.41) is 3.79. The summed E-state index contributed by atoms with van der Waals surface area (Å²) in [6.45, 7) is 1.45. The highest BCUT2D eigenvalue weighted by atomic mass is 32.2. The molecular weight excluding hydrogens is 796 g/mol. The van der Waals surface area contributed by atoms with Crippen molar-refractivity contribution >= 4 is 70.9 Å². The SMILES string of the molecule is O=C(OCC1CSC(=O)N1)ON1C(=O)CCC1=O.O=C(O[C@@H]1CC[C@@]2(CCCO2)C1)ON1C(=O)CCC1=O.O=C(O[C@H]1CC[C@]2(CCCO2)C1)ON1C(=O)CCC1=O. The minimum Gasteiger partial charge on any atom is -0.430 e. The minimum absolute atomic E-state index is 0.0292. The van der Waals surface area contributed by atoms with Crippen LogP contribution in [0.5, 0.6) is 0 Å². The highest BCUT2D eigenvalue weighted by molar-refractivity contribution is 8.13. The molecule has 23 heteroatoms. The molecule has 318 valence electrons. The first-order valence-corrected chi connectivity index (χ1v) is 20.1. The van der Waals surface area contributed by atoms with Gasteiger partial charge in [-0.2, -0.15) is 0 Å². The molecule has 2 saturated carbocycles. The van der Waals surface area contributed by atoms with Crippen molar-refractivity contribution in [1.29, 1.82) is 0 Å². The third kappa shape index (κ3) is 10.9. The van der Waals surface area contributed by atoms with Gasteiger partial charge in [-0.1, -0.05) is 27.0 Å². The predicted octanol–water partition coefficient (Wildman–Crippen LogP) is 2.64. The number of rotatable bonds is 7. The van der Waals surface area contributed by atoms with Gasteiger partial charge in [-0.15, -0.1) is 0 Å². The van der Waals surface area contributed by atoms with Crippen LogP contribution in [-0.2, 0) is 67.0 Å². The lowest BCUT2D eigenvalue weighted by molar-refractivity contribution is -0.179. The Bertz CT molecular complexity index is 1550. The van der Waals surface area contributed by atoms with Gasteiger partial charge >= 0.3 is 18.5 Å². The zero-order valence-electron chi connectivity index (χ0n) is 31.5. The van der Waals surface area contributed by atoms with E-state index < -0.39 is 53.9 Å². The molecule has 2 aliphatic carbocycles. The van der Waals surface area contributed by atoms with Crippen LogP contribution in [0.15, 0.2) is 0 Å².